The van der Waals surface area contributed by atoms with Gasteiger partial charge < -0.3 is 4.90 Å². The van der Waals surface area contributed by atoms with Crippen LogP contribution in [0.15, 0.2) is 53.4 Å². The summed E-state index contributed by atoms with van der Waals surface area (Å²) >= 11 is 0. The van der Waals surface area contributed by atoms with Crippen LogP contribution in [0.4, 0.5) is 5.69 Å². The van der Waals surface area contributed by atoms with E-state index in [1.807, 2.05) is 27.1 Å². The lowest BCUT2D eigenvalue weighted by atomic mass is 10.1. The number of likely N-dealkylation sites (tertiary alicyclic amines) is 1. The molecule has 1 aliphatic rings. The van der Waals surface area contributed by atoms with Crippen LogP contribution >= 0.6 is 0 Å². The molecule has 0 spiro atoms. The van der Waals surface area contributed by atoms with Crippen LogP contribution in [0, 0.1) is 6.92 Å². The third kappa shape index (κ3) is 4.89. The second kappa shape index (κ2) is 8.42. The Morgan fingerprint density at radius 2 is 1.74 bits per heavy atom. The number of benzene rings is 2. The molecule has 146 valence electrons. The number of sulfonamides is 1. The summed E-state index contributed by atoms with van der Waals surface area (Å²) in [6.45, 7) is 4.29. The van der Waals surface area contributed by atoms with Crippen LogP contribution in [-0.2, 0) is 10.0 Å². The van der Waals surface area contributed by atoms with Crippen LogP contribution in [0.25, 0.3) is 0 Å². The van der Waals surface area contributed by atoms with Crippen molar-refractivity contribution in [3.63, 3.8) is 0 Å². The lowest BCUT2D eigenvalue weighted by Crippen LogP contribution is -2.36. The normalized spacial score (nSPS) is 16.4. The van der Waals surface area contributed by atoms with Crippen molar-refractivity contribution in [1.82, 2.24) is 9.62 Å². The fourth-order valence-electron chi connectivity index (χ4n) is 3.56. The van der Waals surface area contributed by atoms with E-state index in [4.69, 9.17) is 0 Å². The topological polar surface area (TPSA) is 52.7 Å². The fraction of sp³-hybridized carbons (Fsp3) is 0.429. The molecule has 1 heterocycles. The van der Waals surface area contributed by atoms with E-state index in [2.05, 4.69) is 38.8 Å². The fourth-order valence-corrected chi connectivity index (χ4v) is 4.70. The van der Waals surface area contributed by atoms with Crippen LogP contribution in [0.2, 0.25) is 0 Å². The predicted molar refractivity (Wildman–Crippen MR) is 111 cm³/mol. The first-order valence-corrected chi connectivity index (χ1v) is 10.9. The Morgan fingerprint density at radius 3 is 2.33 bits per heavy atom. The standard InChI is InChI=1S/C21H29N3O2S/c1-17-7-6-8-20(15-17)27(25,26)22-16-21(24-13-4-5-14-24)18-9-11-19(12-10-18)23(2)3/h6-12,15,21-22H,4-5,13-14,16H2,1-3H3/t21-/m1/s1. The lowest BCUT2D eigenvalue weighted by molar-refractivity contribution is 0.246. The highest BCUT2D eigenvalue weighted by Gasteiger charge is 2.25. The number of rotatable bonds is 7. The van der Waals surface area contributed by atoms with Crippen molar-refractivity contribution >= 4 is 15.7 Å². The highest BCUT2D eigenvalue weighted by Crippen LogP contribution is 2.27. The van der Waals surface area contributed by atoms with Gasteiger partial charge in [0, 0.05) is 32.4 Å². The van der Waals surface area contributed by atoms with Gasteiger partial charge in [0.25, 0.3) is 0 Å². The molecule has 0 aromatic heterocycles. The summed E-state index contributed by atoms with van der Waals surface area (Å²) in [7, 11) is 0.512. The number of aryl methyl sites for hydroxylation is 1. The molecule has 0 amide bonds. The van der Waals surface area contributed by atoms with Crippen molar-refractivity contribution in [1.29, 1.82) is 0 Å². The van der Waals surface area contributed by atoms with E-state index in [1.165, 1.54) is 0 Å². The molecule has 0 unspecified atom stereocenters. The van der Waals surface area contributed by atoms with Crippen molar-refractivity contribution in [2.24, 2.45) is 0 Å². The Morgan fingerprint density at radius 1 is 1.07 bits per heavy atom. The van der Waals surface area contributed by atoms with Gasteiger partial charge in [0.1, 0.15) is 0 Å². The molecular formula is C21H29N3O2S. The molecule has 0 aliphatic carbocycles. The second-order valence-corrected chi connectivity index (χ2v) is 9.18. The van der Waals surface area contributed by atoms with Crippen molar-refractivity contribution in [2.45, 2.75) is 30.7 Å². The molecule has 3 rings (SSSR count). The molecule has 6 heteroatoms. The summed E-state index contributed by atoms with van der Waals surface area (Å²) < 4.78 is 28.3. The second-order valence-electron chi connectivity index (χ2n) is 7.41. The van der Waals surface area contributed by atoms with Crippen LogP contribution in [0.1, 0.15) is 30.0 Å². The molecule has 2 aromatic carbocycles. The molecule has 1 N–H and O–H groups in total. The molecule has 1 aliphatic heterocycles. The zero-order valence-electron chi connectivity index (χ0n) is 16.4. The first-order valence-electron chi connectivity index (χ1n) is 9.44. The van der Waals surface area contributed by atoms with E-state index >= 15 is 0 Å². The number of nitrogens with zero attached hydrogens (tertiary/aromatic N) is 2. The minimum Gasteiger partial charge on any atom is -0.378 e. The summed E-state index contributed by atoms with van der Waals surface area (Å²) in [5.74, 6) is 0. The molecule has 1 fully saturated rings. The number of hydrogen-bond donors (Lipinski definition) is 1. The van der Waals surface area contributed by atoms with Crippen LogP contribution < -0.4 is 9.62 Å². The zero-order chi connectivity index (χ0) is 19.4. The summed E-state index contributed by atoms with van der Waals surface area (Å²) in [5, 5.41) is 0. The Hall–Kier alpha value is -1.89. The smallest absolute Gasteiger partial charge is 0.240 e. The van der Waals surface area contributed by atoms with Crippen molar-refractivity contribution in [3.05, 3.63) is 59.7 Å². The summed E-state index contributed by atoms with van der Waals surface area (Å²) in [5.41, 5.74) is 3.22. The maximum atomic E-state index is 12.7. The van der Waals surface area contributed by atoms with E-state index in [9.17, 15) is 8.42 Å². The summed E-state index contributed by atoms with van der Waals surface area (Å²) in [4.78, 5) is 4.77. The van der Waals surface area contributed by atoms with Crippen molar-refractivity contribution < 1.29 is 8.42 Å². The van der Waals surface area contributed by atoms with Gasteiger partial charge in [-0.25, -0.2) is 13.1 Å². The van der Waals surface area contributed by atoms with Gasteiger partial charge in [-0.2, -0.15) is 0 Å². The maximum Gasteiger partial charge on any atom is 0.240 e. The van der Waals surface area contributed by atoms with Gasteiger partial charge in [0.05, 0.1) is 4.90 Å². The van der Waals surface area contributed by atoms with Crippen LogP contribution in [0.5, 0.6) is 0 Å². The van der Waals surface area contributed by atoms with Gasteiger partial charge in [-0.05, 0) is 68.2 Å². The molecule has 0 bridgehead atoms. The third-order valence-corrected chi connectivity index (χ3v) is 6.56. The number of nitrogens with one attached hydrogen (secondary N) is 1. The lowest BCUT2D eigenvalue weighted by Gasteiger charge is -2.28. The molecule has 2 aromatic rings. The Balaban J connectivity index is 1.79. The van der Waals surface area contributed by atoms with E-state index in [-0.39, 0.29) is 6.04 Å². The Labute approximate surface area is 163 Å². The molecule has 27 heavy (non-hydrogen) atoms. The van der Waals surface area contributed by atoms with E-state index in [0.29, 0.717) is 11.4 Å². The van der Waals surface area contributed by atoms with Crippen molar-refractivity contribution in [3.8, 4) is 0 Å². The number of hydrogen-bond acceptors (Lipinski definition) is 4. The Kier molecular flexibility index (Phi) is 6.19. The molecule has 0 saturated carbocycles. The quantitative estimate of drug-likeness (QED) is 0.793. The van der Waals surface area contributed by atoms with Gasteiger partial charge in [0.15, 0.2) is 0 Å². The van der Waals surface area contributed by atoms with Gasteiger partial charge in [-0.1, -0.05) is 24.3 Å². The third-order valence-electron chi connectivity index (χ3n) is 5.14. The van der Waals surface area contributed by atoms with Gasteiger partial charge >= 0.3 is 0 Å². The number of anilines is 1. The average Bonchev–Trinajstić information content (AvgIpc) is 3.16. The first-order chi connectivity index (χ1) is 12.9. The van der Waals surface area contributed by atoms with Gasteiger partial charge in [0.2, 0.25) is 10.0 Å². The summed E-state index contributed by atoms with van der Waals surface area (Å²) in [6.07, 6.45) is 2.33. The molecule has 0 radical (unpaired) electrons. The maximum absolute atomic E-state index is 12.7. The van der Waals surface area contributed by atoms with Gasteiger partial charge in [-0.15, -0.1) is 0 Å². The monoisotopic (exact) mass is 387 g/mol. The first kappa shape index (κ1) is 19.9. The zero-order valence-corrected chi connectivity index (χ0v) is 17.2. The van der Waals surface area contributed by atoms with E-state index in [1.54, 1.807) is 18.2 Å². The van der Waals surface area contributed by atoms with Crippen LogP contribution in [-0.4, -0.2) is 47.0 Å². The van der Waals surface area contributed by atoms with Crippen molar-refractivity contribution in [2.75, 3.05) is 38.6 Å². The van der Waals surface area contributed by atoms with E-state index in [0.717, 1.165) is 42.7 Å². The molecular weight excluding hydrogens is 358 g/mol. The summed E-state index contributed by atoms with van der Waals surface area (Å²) in [6, 6.07) is 15.5. The SMILES string of the molecule is Cc1cccc(S(=O)(=O)NC[C@H](c2ccc(N(C)C)cc2)N2CCCC2)c1. The molecule has 5 nitrogen and oxygen atoms in total. The minimum atomic E-state index is -3.52. The average molecular weight is 388 g/mol. The van der Waals surface area contributed by atoms with E-state index < -0.39 is 10.0 Å². The predicted octanol–water partition coefficient (Wildman–Crippen LogP) is 3.18. The van der Waals surface area contributed by atoms with Gasteiger partial charge in [-0.3, -0.25) is 4.90 Å². The highest BCUT2D eigenvalue weighted by atomic mass is 32.2. The molecule has 1 atom stereocenters. The Bertz CT molecular complexity index is 857. The van der Waals surface area contributed by atoms with Crippen LogP contribution in [0.3, 0.4) is 0 Å². The molecule has 1 saturated heterocycles. The highest BCUT2D eigenvalue weighted by molar-refractivity contribution is 7.89. The minimum absolute atomic E-state index is 0.0447. The largest absolute Gasteiger partial charge is 0.378 e.